The third-order valence-electron chi connectivity index (χ3n) is 3.00. The van der Waals surface area contributed by atoms with E-state index in [1.807, 2.05) is 0 Å². The zero-order valence-corrected chi connectivity index (χ0v) is 10.8. The van der Waals surface area contributed by atoms with Crippen molar-refractivity contribution in [3.63, 3.8) is 0 Å². The molecular weight excluding hydrogens is 254 g/mol. The molecule has 104 valence electrons. The second-order valence-electron chi connectivity index (χ2n) is 4.87. The van der Waals surface area contributed by atoms with Crippen LogP contribution in [0, 0.1) is 0 Å². The van der Waals surface area contributed by atoms with E-state index in [0.717, 1.165) is 0 Å². The van der Waals surface area contributed by atoms with Gasteiger partial charge in [0.1, 0.15) is 11.7 Å². The lowest BCUT2D eigenvalue weighted by molar-refractivity contribution is -0.152. The van der Waals surface area contributed by atoms with Gasteiger partial charge < -0.3 is 19.9 Å². The normalized spacial score (nSPS) is 33.9. The highest BCUT2D eigenvalue weighted by Gasteiger charge is 2.58. The van der Waals surface area contributed by atoms with Crippen LogP contribution in [-0.2, 0) is 23.9 Å². The van der Waals surface area contributed by atoms with Crippen molar-refractivity contribution in [2.45, 2.75) is 44.7 Å². The molecule has 7 nitrogen and oxygen atoms in total. The van der Waals surface area contributed by atoms with Crippen LogP contribution in [0.25, 0.3) is 0 Å². The number of nitrogens with one attached hydrogen (secondary N) is 1. The number of fused-ring (bicyclic) bond motifs is 1. The summed E-state index contributed by atoms with van der Waals surface area (Å²) in [4.78, 5) is 34.3. The van der Waals surface area contributed by atoms with Crippen LogP contribution in [0.1, 0.15) is 20.8 Å². The van der Waals surface area contributed by atoms with E-state index >= 15 is 0 Å². The molecule has 0 spiro atoms. The summed E-state index contributed by atoms with van der Waals surface area (Å²) in [6, 6.07) is 0. The highest BCUT2D eigenvalue weighted by atomic mass is 16.6. The Hall–Kier alpha value is -1.73. The summed E-state index contributed by atoms with van der Waals surface area (Å²) >= 11 is 0. The van der Waals surface area contributed by atoms with Crippen LogP contribution in [0.2, 0.25) is 0 Å². The molecular formula is C12H15NO6. The Bertz CT molecular complexity index is 481. The number of hydrogen-bond donors (Lipinski definition) is 2. The monoisotopic (exact) mass is 269 g/mol. The highest BCUT2D eigenvalue weighted by molar-refractivity contribution is 6.05. The van der Waals surface area contributed by atoms with Gasteiger partial charge in [-0.15, -0.1) is 0 Å². The van der Waals surface area contributed by atoms with Crippen LogP contribution >= 0.6 is 0 Å². The Morgan fingerprint density at radius 1 is 1.58 bits per heavy atom. The molecule has 1 aliphatic carbocycles. The number of ether oxygens (including phenoxy) is 2. The van der Waals surface area contributed by atoms with E-state index in [9.17, 15) is 19.5 Å². The first-order valence-electron chi connectivity index (χ1n) is 5.85. The summed E-state index contributed by atoms with van der Waals surface area (Å²) in [7, 11) is 0. The van der Waals surface area contributed by atoms with Gasteiger partial charge in [-0.25, -0.2) is 0 Å². The first-order chi connectivity index (χ1) is 8.72. The Morgan fingerprint density at radius 3 is 2.79 bits per heavy atom. The smallest absolute Gasteiger partial charge is 0.303 e. The van der Waals surface area contributed by atoms with Crippen LogP contribution in [0.3, 0.4) is 0 Å². The molecule has 19 heavy (non-hydrogen) atoms. The minimum absolute atomic E-state index is 0.0345. The summed E-state index contributed by atoms with van der Waals surface area (Å²) in [6.45, 7) is 4.06. The molecule has 0 aromatic heterocycles. The number of esters is 1. The third-order valence-corrected chi connectivity index (χ3v) is 3.00. The van der Waals surface area contributed by atoms with Crippen molar-refractivity contribution in [1.82, 2.24) is 5.32 Å². The maximum absolute atomic E-state index is 11.8. The quantitative estimate of drug-likeness (QED) is 0.505. The summed E-state index contributed by atoms with van der Waals surface area (Å²) < 4.78 is 9.75. The maximum Gasteiger partial charge on any atom is 0.303 e. The van der Waals surface area contributed by atoms with Crippen LogP contribution in [0.5, 0.6) is 0 Å². The summed E-state index contributed by atoms with van der Waals surface area (Å²) in [6.07, 6.45) is -1.03. The molecule has 2 N–H and O–H groups in total. The average Bonchev–Trinajstić information content (AvgIpc) is 3.05. The zero-order valence-electron chi connectivity index (χ0n) is 10.8. The molecule has 0 radical (unpaired) electrons. The van der Waals surface area contributed by atoms with Crippen molar-refractivity contribution in [1.29, 1.82) is 0 Å². The molecule has 0 saturated carbocycles. The van der Waals surface area contributed by atoms with Gasteiger partial charge in [-0.1, -0.05) is 0 Å². The summed E-state index contributed by atoms with van der Waals surface area (Å²) in [5.74, 6) is -1.62. The van der Waals surface area contributed by atoms with Crippen LogP contribution < -0.4 is 5.32 Å². The molecule has 2 rings (SSSR count). The van der Waals surface area contributed by atoms with Crippen molar-refractivity contribution in [2.24, 2.45) is 0 Å². The molecule has 1 fully saturated rings. The van der Waals surface area contributed by atoms with Crippen LogP contribution in [0.4, 0.5) is 0 Å². The fraction of sp³-hybridized carbons (Fsp3) is 0.583. The zero-order chi connectivity index (χ0) is 14.4. The van der Waals surface area contributed by atoms with E-state index < -0.39 is 35.8 Å². The first-order valence-corrected chi connectivity index (χ1v) is 5.85. The molecule has 7 heteroatoms. The van der Waals surface area contributed by atoms with Gasteiger partial charge in [0.05, 0.1) is 5.70 Å². The van der Waals surface area contributed by atoms with Gasteiger partial charge >= 0.3 is 5.97 Å². The SMILES string of the molecule is CC(=O)O[C@@H](C)C(=O)NC1=C[C@](C)(O)[C@@H]2O[C@@H]2C1=O. The van der Waals surface area contributed by atoms with Crippen molar-refractivity contribution < 1.29 is 29.0 Å². The molecule has 0 aromatic rings. The largest absolute Gasteiger partial charge is 0.453 e. The number of aliphatic hydroxyl groups is 1. The van der Waals surface area contributed by atoms with Gasteiger partial charge in [-0.2, -0.15) is 0 Å². The predicted octanol–water partition coefficient (Wildman–Crippen LogP) is -0.961. The van der Waals surface area contributed by atoms with Crippen LogP contribution in [0.15, 0.2) is 11.8 Å². The molecule has 1 amide bonds. The Kier molecular flexibility index (Phi) is 3.19. The first kappa shape index (κ1) is 13.7. The van der Waals surface area contributed by atoms with Crippen LogP contribution in [-0.4, -0.2) is 46.7 Å². The second kappa shape index (κ2) is 4.43. The van der Waals surface area contributed by atoms with Crippen molar-refractivity contribution in [3.8, 4) is 0 Å². The molecule has 1 heterocycles. The molecule has 2 aliphatic rings. The van der Waals surface area contributed by atoms with E-state index in [1.54, 1.807) is 0 Å². The van der Waals surface area contributed by atoms with Gasteiger partial charge in [-0.3, -0.25) is 14.4 Å². The second-order valence-corrected chi connectivity index (χ2v) is 4.87. The van der Waals surface area contributed by atoms with E-state index in [0.29, 0.717) is 0 Å². The van der Waals surface area contributed by atoms with Crippen molar-refractivity contribution in [2.75, 3.05) is 0 Å². The topological polar surface area (TPSA) is 105 Å². The Labute approximate surface area is 109 Å². The van der Waals surface area contributed by atoms with Gasteiger partial charge in [0, 0.05) is 6.92 Å². The number of carbonyl (C=O) groups is 3. The highest BCUT2D eigenvalue weighted by Crippen LogP contribution is 2.39. The van der Waals surface area contributed by atoms with E-state index in [1.165, 1.54) is 26.8 Å². The van der Waals surface area contributed by atoms with E-state index in [-0.39, 0.29) is 11.5 Å². The average molecular weight is 269 g/mol. The molecule has 0 unspecified atom stereocenters. The number of carbonyl (C=O) groups excluding carboxylic acids is 3. The number of rotatable bonds is 3. The number of amides is 1. The van der Waals surface area contributed by atoms with Crippen molar-refractivity contribution in [3.05, 3.63) is 11.8 Å². The maximum atomic E-state index is 11.8. The number of hydrogen-bond acceptors (Lipinski definition) is 6. The summed E-state index contributed by atoms with van der Waals surface area (Å²) in [5, 5.41) is 12.3. The van der Waals surface area contributed by atoms with Gasteiger partial charge in [0.2, 0.25) is 5.78 Å². The predicted molar refractivity (Wildman–Crippen MR) is 61.7 cm³/mol. The third kappa shape index (κ3) is 2.66. The fourth-order valence-corrected chi connectivity index (χ4v) is 1.99. The number of Topliss-reactive ketones (excluding diaryl/α,β-unsaturated/α-hetero) is 1. The standard InChI is InChI=1S/C12H15NO6/c1-5(18-6(2)14)11(16)13-7-4-12(3,17)10-9(19-10)8(7)15/h4-5,9-10,17H,1-3H3,(H,13,16)/t5-,9+,10+,12-/m0/s1. The lowest BCUT2D eigenvalue weighted by atomic mass is 9.90. The Morgan fingerprint density at radius 2 is 2.21 bits per heavy atom. The lowest BCUT2D eigenvalue weighted by Gasteiger charge is -2.22. The lowest BCUT2D eigenvalue weighted by Crippen LogP contribution is -2.44. The van der Waals surface area contributed by atoms with Gasteiger partial charge in [0.25, 0.3) is 5.91 Å². The van der Waals surface area contributed by atoms with Crippen molar-refractivity contribution >= 4 is 17.7 Å². The molecule has 1 saturated heterocycles. The van der Waals surface area contributed by atoms with E-state index in [4.69, 9.17) is 9.47 Å². The van der Waals surface area contributed by atoms with Gasteiger partial charge in [0.15, 0.2) is 12.2 Å². The number of epoxide rings is 1. The molecule has 4 atom stereocenters. The molecule has 0 bridgehead atoms. The minimum Gasteiger partial charge on any atom is -0.453 e. The molecule has 1 aliphatic heterocycles. The molecule has 0 aromatic carbocycles. The number of ketones is 1. The Balaban J connectivity index is 2.06. The van der Waals surface area contributed by atoms with E-state index in [2.05, 4.69) is 5.32 Å². The van der Waals surface area contributed by atoms with Gasteiger partial charge in [-0.05, 0) is 19.9 Å². The summed E-state index contributed by atoms with van der Waals surface area (Å²) in [5.41, 5.74) is -1.33. The minimum atomic E-state index is -1.30. The fourth-order valence-electron chi connectivity index (χ4n) is 1.99.